The second-order valence-corrected chi connectivity index (χ2v) is 15.5. The molecule has 0 bridgehead atoms. The molecule has 56 heavy (non-hydrogen) atoms. The monoisotopic (exact) mass is 743 g/mol. The minimum Gasteiger partial charge on any atom is -0.399 e. The molecule has 286 valence electrons. The van der Waals surface area contributed by atoms with Gasteiger partial charge in [-0.1, -0.05) is 56.0 Å². The molecular formula is C48H55N8+. The van der Waals surface area contributed by atoms with Crippen LogP contribution in [0, 0.1) is 20.8 Å². The van der Waals surface area contributed by atoms with E-state index in [1.165, 1.54) is 43.2 Å². The largest absolute Gasteiger partial charge is 0.399 e. The molecule has 0 atom stereocenters. The number of aryl methyl sites for hydroxylation is 5. The Morgan fingerprint density at radius 3 is 1.86 bits per heavy atom. The number of aromatic nitrogens is 2. The summed E-state index contributed by atoms with van der Waals surface area (Å²) in [7, 11) is 0. The first-order valence-electron chi connectivity index (χ1n) is 19.9. The Labute approximate surface area is 331 Å². The lowest BCUT2D eigenvalue weighted by Crippen LogP contribution is -2.33. The molecule has 5 aromatic carbocycles. The minimum atomic E-state index is 0.712. The van der Waals surface area contributed by atoms with Crippen LogP contribution in [0.15, 0.2) is 113 Å². The molecule has 1 aliphatic carbocycles. The summed E-state index contributed by atoms with van der Waals surface area (Å²) in [5, 5.41) is 3.60. The molecule has 0 fully saturated rings. The van der Waals surface area contributed by atoms with Gasteiger partial charge in [0.2, 0.25) is 16.7 Å². The number of unbranched alkanes of at least 4 members (excludes halogenated alkanes) is 5. The molecule has 8 heteroatoms. The lowest BCUT2D eigenvalue weighted by molar-refractivity contribution is -0.538. The van der Waals surface area contributed by atoms with Gasteiger partial charge in [-0.05, 0) is 129 Å². The van der Waals surface area contributed by atoms with E-state index < -0.39 is 0 Å². The molecule has 7 rings (SSSR count). The van der Waals surface area contributed by atoms with Gasteiger partial charge in [-0.25, -0.2) is 4.98 Å². The average molecular weight is 744 g/mol. The van der Waals surface area contributed by atoms with Crippen LogP contribution in [0.4, 0.5) is 34.1 Å². The molecule has 0 amide bonds. The maximum Gasteiger partial charge on any atom is 0.239 e. The topological polar surface area (TPSA) is 145 Å². The highest BCUT2D eigenvalue weighted by Crippen LogP contribution is 2.34. The van der Waals surface area contributed by atoms with Crippen LogP contribution in [0.1, 0.15) is 79.7 Å². The number of allylic oxidation sites excluding steroid dienone is 3. The molecular weight excluding hydrogens is 689 g/mol. The van der Waals surface area contributed by atoms with Gasteiger partial charge in [-0.15, -0.1) is 4.57 Å². The molecule has 9 N–H and O–H groups in total. The van der Waals surface area contributed by atoms with Crippen molar-refractivity contribution in [1.82, 2.24) is 4.98 Å². The normalized spacial score (nSPS) is 13.7. The Balaban J connectivity index is 0.921. The number of hydrogen-bond acceptors (Lipinski definition) is 7. The van der Waals surface area contributed by atoms with E-state index in [1.54, 1.807) is 0 Å². The third-order valence-electron chi connectivity index (χ3n) is 11.0. The summed E-state index contributed by atoms with van der Waals surface area (Å²) in [5.74, 6) is 0. The van der Waals surface area contributed by atoms with Crippen LogP contribution < -0.4 is 32.8 Å². The van der Waals surface area contributed by atoms with Gasteiger partial charge >= 0.3 is 0 Å². The van der Waals surface area contributed by atoms with Crippen molar-refractivity contribution >= 4 is 61.9 Å². The third kappa shape index (κ3) is 8.70. The quantitative estimate of drug-likeness (QED) is 0.0345. The van der Waals surface area contributed by atoms with Crippen molar-refractivity contribution in [3.63, 3.8) is 0 Å². The highest BCUT2D eigenvalue weighted by Gasteiger charge is 2.22. The van der Waals surface area contributed by atoms with Gasteiger partial charge in [-0.3, -0.25) is 4.99 Å². The average Bonchev–Trinajstić information content (AvgIpc) is 3.17. The zero-order chi connectivity index (χ0) is 39.3. The van der Waals surface area contributed by atoms with Gasteiger partial charge < -0.3 is 28.3 Å². The number of benzene rings is 5. The van der Waals surface area contributed by atoms with E-state index in [0.29, 0.717) is 6.42 Å². The molecule has 0 unspecified atom stereocenters. The number of fused-ring (bicyclic) bond motifs is 2. The van der Waals surface area contributed by atoms with E-state index in [1.807, 2.05) is 52.0 Å². The highest BCUT2D eigenvalue weighted by molar-refractivity contribution is 6.01. The Hall–Kier alpha value is -6.15. The summed E-state index contributed by atoms with van der Waals surface area (Å²) >= 11 is 0. The van der Waals surface area contributed by atoms with Gasteiger partial charge in [0.15, 0.2) is 0 Å². The maximum absolute atomic E-state index is 6.41. The minimum absolute atomic E-state index is 0.712. The van der Waals surface area contributed by atoms with Crippen LogP contribution in [0.2, 0.25) is 0 Å². The van der Waals surface area contributed by atoms with Crippen molar-refractivity contribution in [3.8, 4) is 5.69 Å². The van der Waals surface area contributed by atoms with E-state index in [9.17, 15) is 0 Å². The number of nitrogen functional groups attached to an aromatic ring is 3. The predicted octanol–water partition coefficient (Wildman–Crippen LogP) is 10.5. The van der Waals surface area contributed by atoms with Crippen molar-refractivity contribution in [2.24, 2.45) is 10.7 Å². The Morgan fingerprint density at radius 1 is 0.643 bits per heavy atom. The lowest BCUT2D eigenvalue weighted by Gasteiger charge is -2.15. The van der Waals surface area contributed by atoms with Crippen LogP contribution in [0.25, 0.3) is 27.8 Å². The van der Waals surface area contributed by atoms with E-state index in [4.69, 9.17) is 32.9 Å². The molecule has 1 heterocycles. The van der Waals surface area contributed by atoms with Gasteiger partial charge in [0.1, 0.15) is 11.0 Å². The first kappa shape index (κ1) is 38.1. The third-order valence-corrected chi connectivity index (χ3v) is 11.0. The Bertz CT molecular complexity index is 2460. The summed E-state index contributed by atoms with van der Waals surface area (Å²) in [6.07, 6.45) is 14.1. The van der Waals surface area contributed by atoms with Gasteiger partial charge in [0.25, 0.3) is 0 Å². The summed E-state index contributed by atoms with van der Waals surface area (Å²) in [5.41, 5.74) is 43.8. The first-order chi connectivity index (χ1) is 27.0. The van der Waals surface area contributed by atoms with Gasteiger partial charge in [0.05, 0.1) is 11.4 Å². The SMILES string of the molecule is CC1=CC(=Nc2cc(C)c(N)cc2Nc2cccc(CCCCCCCCc3cccc(-[n+]4c5cc(N)c(C)cc5nc5cc(C)c(N)cc54)c3)c2)CC=C1N. The van der Waals surface area contributed by atoms with Crippen LogP contribution >= 0.6 is 0 Å². The van der Waals surface area contributed by atoms with E-state index in [0.717, 1.165) is 115 Å². The van der Waals surface area contributed by atoms with Crippen LogP contribution in [-0.2, 0) is 12.8 Å². The van der Waals surface area contributed by atoms with E-state index in [-0.39, 0.29) is 0 Å². The van der Waals surface area contributed by atoms with Crippen molar-refractivity contribution in [3.05, 3.63) is 136 Å². The summed E-state index contributed by atoms with van der Waals surface area (Å²) in [6.45, 7) is 8.09. The van der Waals surface area contributed by atoms with Gasteiger partial charge in [-0.2, -0.15) is 0 Å². The Kier molecular flexibility index (Phi) is 11.4. The standard InChI is InChI=1S/C48H54N8/c1-30-21-37(19-20-39(30)49)54-43-22-31(2)40(50)27-44(43)53-36-17-11-15-34(25-36)13-9-7-5-6-8-10-14-35-16-12-18-38(26-35)56-47-28-41(51)32(3)23-45(47)55-46-24-33(4)42(52)29-48(46)56/h11-12,15-18,20-29,53H,5-10,13-14,19,49-50H2,1-4H3,(H3,51,52)/p+1. The fraction of sp³-hybridized carbons (Fsp3) is 0.271. The summed E-state index contributed by atoms with van der Waals surface area (Å²) in [4.78, 5) is 9.99. The first-order valence-corrected chi connectivity index (χ1v) is 19.9. The molecule has 0 saturated heterocycles. The van der Waals surface area contributed by atoms with Gasteiger partial charge in [0, 0.05) is 64.8 Å². The van der Waals surface area contributed by atoms with Crippen LogP contribution in [-0.4, -0.2) is 10.7 Å². The molecule has 0 radical (unpaired) electrons. The van der Waals surface area contributed by atoms with E-state index in [2.05, 4.69) is 82.7 Å². The van der Waals surface area contributed by atoms with E-state index >= 15 is 0 Å². The number of rotatable bonds is 13. The second-order valence-electron chi connectivity index (χ2n) is 15.5. The highest BCUT2D eigenvalue weighted by atomic mass is 15.0. The van der Waals surface area contributed by atoms with Crippen molar-refractivity contribution in [2.75, 3.05) is 22.5 Å². The number of nitrogens with zero attached hydrogens (tertiary/aromatic N) is 3. The van der Waals surface area contributed by atoms with Crippen LogP contribution in [0.5, 0.6) is 0 Å². The molecule has 1 aliphatic rings. The summed E-state index contributed by atoms with van der Waals surface area (Å²) < 4.78 is 2.26. The van der Waals surface area contributed by atoms with Crippen molar-refractivity contribution in [2.45, 2.75) is 85.5 Å². The second kappa shape index (κ2) is 16.7. The fourth-order valence-corrected chi connectivity index (χ4v) is 7.55. The molecule has 0 saturated carbocycles. The zero-order valence-electron chi connectivity index (χ0n) is 33.3. The predicted molar refractivity (Wildman–Crippen MR) is 237 cm³/mol. The number of anilines is 5. The maximum atomic E-state index is 6.41. The number of aliphatic imine (C=N–C) groups is 1. The smallest absolute Gasteiger partial charge is 0.239 e. The van der Waals surface area contributed by atoms with Crippen molar-refractivity contribution < 1.29 is 4.57 Å². The fourth-order valence-electron chi connectivity index (χ4n) is 7.55. The zero-order valence-corrected chi connectivity index (χ0v) is 33.3. The Morgan fingerprint density at radius 2 is 1.21 bits per heavy atom. The molecule has 0 aliphatic heterocycles. The van der Waals surface area contributed by atoms with Crippen LogP contribution in [0.3, 0.4) is 0 Å². The number of nitrogens with one attached hydrogen (secondary N) is 1. The number of hydrogen-bond donors (Lipinski definition) is 5. The molecule has 8 nitrogen and oxygen atoms in total. The lowest BCUT2D eigenvalue weighted by atomic mass is 10.0. The molecule has 1 aromatic heterocycles. The van der Waals surface area contributed by atoms with Crippen molar-refractivity contribution in [1.29, 1.82) is 0 Å². The summed E-state index contributed by atoms with van der Waals surface area (Å²) in [6, 6.07) is 29.8. The molecule has 6 aromatic rings. The molecule has 0 spiro atoms. The number of nitrogens with two attached hydrogens (primary N) is 4.